The maximum absolute atomic E-state index is 11.6. The van der Waals surface area contributed by atoms with Crippen LogP contribution in [0.25, 0.3) is 0 Å². The van der Waals surface area contributed by atoms with Crippen molar-refractivity contribution in [3.05, 3.63) is 0 Å². The number of hydrogen-bond acceptors (Lipinski definition) is 6. The summed E-state index contributed by atoms with van der Waals surface area (Å²) in [5.41, 5.74) is 0. The van der Waals surface area contributed by atoms with Crippen molar-refractivity contribution in [1.29, 1.82) is 0 Å². The van der Waals surface area contributed by atoms with Crippen molar-refractivity contribution in [3.63, 3.8) is 0 Å². The molecule has 2 N–H and O–H groups in total. The number of aliphatic hydroxyl groups is 1. The summed E-state index contributed by atoms with van der Waals surface area (Å²) in [5.74, 6) is 0.231. The van der Waals surface area contributed by atoms with E-state index < -0.39 is 0 Å². The first-order valence-electron chi connectivity index (χ1n) is 6.01. The van der Waals surface area contributed by atoms with Crippen LogP contribution in [0.4, 0.5) is 0 Å². The first-order valence-corrected chi connectivity index (χ1v) is 7.00. The van der Waals surface area contributed by atoms with Crippen LogP contribution in [0, 0.1) is 0 Å². The molecule has 1 heterocycles. The molecule has 18 heavy (non-hydrogen) atoms. The number of hydrogen-bond donors (Lipinski definition) is 2. The predicted octanol–water partition coefficient (Wildman–Crippen LogP) is -0.0128. The summed E-state index contributed by atoms with van der Waals surface area (Å²) in [6.45, 7) is 1.95. The number of tetrazole rings is 1. The molecule has 1 saturated carbocycles. The SMILES string of the molecule is CC(CCO)NC(=O)CSc1nnnn1C1CC1. The summed E-state index contributed by atoms with van der Waals surface area (Å²) in [6, 6.07) is 0.404. The molecule has 100 valence electrons. The third-order valence-electron chi connectivity index (χ3n) is 2.66. The van der Waals surface area contributed by atoms with Gasteiger partial charge in [-0.1, -0.05) is 11.8 Å². The van der Waals surface area contributed by atoms with Crippen molar-refractivity contribution >= 4 is 17.7 Å². The molecule has 7 nitrogen and oxygen atoms in total. The molecule has 1 atom stereocenters. The van der Waals surface area contributed by atoms with Crippen LogP contribution in [-0.2, 0) is 4.79 Å². The molecular formula is C10H17N5O2S. The van der Waals surface area contributed by atoms with Gasteiger partial charge in [-0.15, -0.1) is 5.10 Å². The molecule has 1 aromatic heterocycles. The molecule has 1 unspecified atom stereocenters. The second kappa shape index (κ2) is 6.14. The van der Waals surface area contributed by atoms with Gasteiger partial charge in [0.1, 0.15) is 0 Å². The summed E-state index contributed by atoms with van der Waals surface area (Å²) in [7, 11) is 0. The zero-order chi connectivity index (χ0) is 13.0. The van der Waals surface area contributed by atoms with E-state index in [-0.39, 0.29) is 18.6 Å². The van der Waals surface area contributed by atoms with Gasteiger partial charge in [-0.2, -0.15) is 0 Å². The fraction of sp³-hybridized carbons (Fsp3) is 0.800. The van der Waals surface area contributed by atoms with Gasteiger partial charge in [0.05, 0.1) is 11.8 Å². The molecule has 1 aliphatic carbocycles. The highest BCUT2D eigenvalue weighted by Gasteiger charge is 2.28. The zero-order valence-electron chi connectivity index (χ0n) is 10.2. The van der Waals surface area contributed by atoms with Gasteiger partial charge < -0.3 is 10.4 Å². The lowest BCUT2D eigenvalue weighted by Crippen LogP contribution is -2.34. The van der Waals surface area contributed by atoms with Crippen LogP contribution in [0.5, 0.6) is 0 Å². The van der Waals surface area contributed by atoms with E-state index in [1.807, 2.05) is 6.92 Å². The summed E-state index contributed by atoms with van der Waals surface area (Å²) < 4.78 is 1.79. The minimum absolute atomic E-state index is 0.0115. The summed E-state index contributed by atoms with van der Waals surface area (Å²) in [6.07, 6.45) is 2.78. The number of nitrogens with one attached hydrogen (secondary N) is 1. The Balaban J connectivity index is 1.76. The van der Waals surface area contributed by atoms with E-state index in [2.05, 4.69) is 20.8 Å². The molecule has 0 bridgehead atoms. The van der Waals surface area contributed by atoms with Crippen LogP contribution < -0.4 is 5.32 Å². The molecule has 1 aliphatic rings. The van der Waals surface area contributed by atoms with Gasteiger partial charge in [0.25, 0.3) is 0 Å². The fourth-order valence-corrected chi connectivity index (χ4v) is 2.30. The van der Waals surface area contributed by atoms with Crippen LogP contribution in [0.1, 0.15) is 32.2 Å². The van der Waals surface area contributed by atoms with E-state index in [0.29, 0.717) is 23.4 Å². The third kappa shape index (κ3) is 3.67. The maximum atomic E-state index is 11.6. The minimum Gasteiger partial charge on any atom is -0.396 e. The molecule has 0 aliphatic heterocycles. The Labute approximate surface area is 109 Å². The lowest BCUT2D eigenvalue weighted by Gasteiger charge is -2.11. The predicted molar refractivity (Wildman–Crippen MR) is 66.1 cm³/mol. The van der Waals surface area contributed by atoms with Crippen molar-refractivity contribution in [2.24, 2.45) is 0 Å². The lowest BCUT2D eigenvalue weighted by molar-refractivity contribution is -0.119. The van der Waals surface area contributed by atoms with Gasteiger partial charge in [0.15, 0.2) is 0 Å². The number of amides is 1. The summed E-state index contributed by atoms with van der Waals surface area (Å²) in [4.78, 5) is 11.6. The lowest BCUT2D eigenvalue weighted by atomic mass is 10.2. The minimum atomic E-state index is -0.0636. The van der Waals surface area contributed by atoms with Gasteiger partial charge in [-0.05, 0) is 36.6 Å². The molecule has 2 rings (SSSR count). The number of nitrogens with zero attached hydrogens (tertiary/aromatic N) is 4. The average Bonchev–Trinajstić information content (AvgIpc) is 3.06. The zero-order valence-corrected chi connectivity index (χ0v) is 11.1. The molecule has 0 saturated heterocycles. The largest absolute Gasteiger partial charge is 0.396 e. The molecule has 1 fully saturated rings. The Hall–Kier alpha value is -1.15. The van der Waals surface area contributed by atoms with Gasteiger partial charge in [0.2, 0.25) is 11.1 Å². The van der Waals surface area contributed by atoms with Crippen LogP contribution >= 0.6 is 11.8 Å². The monoisotopic (exact) mass is 271 g/mol. The van der Waals surface area contributed by atoms with Crippen LogP contribution in [0.15, 0.2) is 5.16 Å². The van der Waals surface area contributed by atoms with E-state index in [1.54, 1.807) is 4.68 Å². The Bertz CT molecular complexity index is 407. The number of carbonyl (C=O) groups is 1. The summed E-state index contributed by atoms with van der Waals surface area (Å²) >= 11 is 1.34. The smallest absolute Gasteiger partial charge is 0.230 e. The number of rotatable bonds is 7. The first-order chi connectivity index (χ1) is 8.70. The van der Waals surface area contributed by atoms with Gasteiger partial charge in [0, 0.05) is 12.6 Å². The third-order valence-corrected chi connectivity index (χ3v) is 3.59. The van der Waals surface area contributed by atoms with Crippen molar-refractivity contribution in [1.82, 2.24) is 25.5 Å². The van der Waals surface area contributed by atoms with Crippen molar-refractivity contribution in [3.8, 4) is 0 Å². The standard InChI is InChI=1S/C10H17N5O2S/c1-7(4-5-16)11-9(17)6-18-10-12-13-14-15(10)8-2-3-8/h7-8,16H,2-6H2,1H3,(H,11,17). The number of thioether (sulfide) groups is 1. The second-order valence-corrected chi connectivity index (χ2v) is 5.35. The Morgan fingerprint density at radius 2 is 2.44 bits per heavy atom. The maximum Gasteiger partial charge on any atom is 0.230 e. The highest BCUT2D eigenvalue weighted by Crippen LogP contribution is 2.36. The Morgan fingerprint density at radius 1 is 1.67 bits per heavy atom. The molecule has 1 aromatic rings. The topological polar surface area (TPSA) is 92.9 Å². The molecule has 8 heteroatoms. The first kappa shape index (κ1) is 13.3. The number of aromatic nitrogens is 4. The van der Waals surface area contributed by atoms with E-state index in [4.69, 9.17) is 5.11 Å². The number of aliphatic hydroxyl groups excluding tert-OH is 1. The average molecular weight is 271 g/mol. The van der Waals surface area contributed by atoms with Gasteiger partial charge in [-0.3, -0.25) is 4.79 Å². The number of carbonyl (C=O) groups excluding carboxylic acids is 1. The van der Waals surface area contributed by atoms with E-state index in [9.17, 15) is 4.79 Å². The summed E-state index contributed by atoms with van der Waals surface area (Å²) in [5, 5.41) is 23.7. The Morgan fingerprint density at radius 3 is 3.11 bits per heavy atom. The Kier molecular flexibility index (Phi) is 4.54. The molecule has 0 radical (unpaired) electrons. The van der Waals surface area contributed by atoms with Crippen LogP contribution in [0.2, 0.25) is 0 Å². The molecular weight excluding hydrogens is 254 g/mol. The normalized spacial score (nSPS) is 16.6. The van der Waals surface area contributed by atoms with E-state index in [0.717, 1.165) is 12.8 Å². The van der Waals surface area contributed by atoms with Crippen molar-refractivity contribution in [2.75, 3.05) is 12.4 Å². The molecule has 0 spiro atoms. The fourth-order valence-electron chi connectivity index (χ4n) is 1.54. The van der Waals surface area contributed by atoms with E-state index >= 15 is 0 Å². The molecule has 1 amide bonds. The van der Waals surface area contributed by atoms with Crippen molar-refractivity contribution < 1.29 is 9.90 Å². The van der Waals surface area contributed by atoms with Gasteiger partial charge in [-0.25, -0.2) is 4.68 Å². The quantitative estimate of drug-likeness (QED) is 0.677. The van der Waals surface area contributed by atoms with Crippen molar-refractivity contribution in [2.45, 2.75) is 43.4 Å². The highest BCUT2D eigenvalue weighted by molar-refractivity contribution is 7.99. The van der Waals surface area contributed by atoms with Crippen LogP contribution in [-0.4, -0.2) is 49.6 Å². The van der Waals surface area contributed by atoms with E-state index in [1.165, 1.54) is 11.8 Å². The second-order valence-electron chi connectivity index (χ2n) is 4.41. The highest BCUT2D eigenvalue weighted by atomic mass is 32.2. The van der Waals surface area contributed by atoms with Gasteiger partial charge >= 0.3 is 0 Å². The van der Waals surface area contributed by atoms with Crippen LogP contribution in [0.3, 0.4) is 0 Å². The molecule has 0 aromatic carbocycles.